The summed E-state index contributed by atoms with van der Waals surface area (Å²) < 4.78 is 4.70. The van der Waals surface area contributed by atoms with E-state index >= 15 is 0 Å². The quantitative estimate of drug-likeness (QED) is 0.346. The van der Waals surface area contributed by atoms with Crippen molar-refractivity contribution in [1.29, 1.82) is 0 Å². The maximum Gasteiger partial charge on any atom is 0.337 e. The fraction of sp³-hybridized carbons (Fsp3) is 0.529. The van der Waals surface area contributed by atoms with Crippen LogP contribution in [0.1, 0.15) is 36.2 Å². The van der Waals surface area contributed by atoms with Gasteiger partial charge in [0.2, 0.25) is 0 Å². The van der Waals surface area contributed by atoms with E-state index < -0.39 is 0 Å². The van der Waals surface area contributed by atoms with Crippen molar-refractivity contribution >= 4 is 35.9 Å². The second-order valence-electron chi connectivity index (χ2n) is 6.43. The van der Waals surface area contributed by atoms with E-state index in [1.165, 1.54) is 13.5 Å². The molecule has 0 radical (unpaired) electrons. The van der Waals surface area contributed by atoms with E-state index in [-0.39, 0.29) is 29.9 Å². The standard InChI is InChI=1S/C17H25N3O2.HI/c1-17(2)9-10-20(12-17)16(18-3)19-11-13-5-7-14(8-6-13)15(21)22-4;/h5-8H,9-12H2,1-4H3,(H,18,19);1H. The number of benzene rings is 1. The molecule has 128 valence electrons. The molecule has 1 saturated heterocycles. The summed E-state index contributed by atoms with van der Waals surface area (Å²) in [4.78, 5) is 18.1. The van der Waals surface area contributed by atoms with Gasteiger partial charge in [-0.3, -0.25) is 4.99 Å². The Kier molecular flexibility index (Phi) is 7.31. The maximum absolute atomic E-state index is 11.4. The van der Waals surface area contributed by atoms with Crippen molar-refractivity contribution in [3.05, 3.63) is 35.4 Å². The third-order valence-corrected chi connectivity index (χ3v) is 4.01. The zero-order chi connectivity index (χ0) is 16.2. The molecule has 0 aromatic heterocycles. The topological polar surface area (TPSA) is 53.9 Å². The van der Waals surface area contributed by atoms with Crippen LogP contribution in [0.2, 0.25) is 0 Å². The first-order valence-electron chi connectivity index (χ1n) is 7.58. The first-order valence-corrected chi connectivity index (χ1v) is 7.58. The SMILES string of the molecule is CN=C(NCc1ccc(C(=O)OC)cc1)N1CCC(C)(C)C1.I. The lowest BCUT2D eigenvalue weighted by molar-refractivity contribution is 0.0600. The summed E-state index contributed by atoms with van der Waals surface area (Å²) in [6.45, 7) is 7.31. The lowest BCUT2D eigenvalue weighted by Crippen LogP contribution is -2.40. The summed E-state index contributed by atoms with van der Waals surface area (Å²) in [7, 11) is 3.20. The Balaban J connectivity index is 0.00000264. The van der Waals surface area contributed by atoms with Gasteiger partial charge in [-0.2, -0.15) is 0 Å². The highest BCUT2D eigenvalue weighted by Crippen LogP contribution is 2.28. The Morgan fingerprint density at radius 1 is 1.35 bits per heavy atom. The van der Waals surface area contributed by atoms with Gasteiger partial charge in [0.05, 0.1) is 12.7 Å². The number of carbonyl (C=O) groups is 1. The summed E-state index contributed by atoms with van der Waals surface area (Å²) in [6.07, 6.45) is 1.18. The fourth-order valence-corrected chi connectivity index (χ4v) is 2.68. The second-order valence-corrected chi connectivity index (χ2v) is 6.43. The average Bonchev–Trinajstić information content (AvgIpc) is 2.88. The van der Waals surface area contributed by atoms with Crippen LogP contribution in [0.5, 0.6) is 0 Å². The predicted octanol–water partition coefficient (Wildman–Crippen LogP) is 2.90. The van der Waals surface area contributed by atoms with Crippen LogP contribution in [0, 0.1) is 5.41 Å². The molecule has 1 fully saturated rings. The number of nitrogens with zero attached hydrogens (tertiary/aromatic N) is 2. The largest absolute Gasteiger partial charge is 0.465 e. The molecular weight excluding hydrogens is 405 g/mol. The van der Waals surface area contributed by atoms with E-state index in [1.54, 1.807) is 12.1 Å². The summed E-state index contributed by atoms with van der Waals surface area (Å²) in [5.41, 5.74) is 2.02. The lowest BCUT2D eigenvalue weighted by Gasteiger charge is -2.23. The minimum absolute atomic E-state index is 0. The van der Waals surface area contributed by atoms with E-state index in [1.807, 2.05) is 19.2 Å². The van der Waals surface area contributed by atoms with Crippen molar-refractivity contribution < 1.29 is 9.53 Å². The van der Waals surface area contributed by atoms with Crippen LogP contribution >= 0.6 is 24.0 Å². The third kappa shape index (κ3) is 5.37. The van der Waals surface area contributed by atoms with Gasteiger partial charge in [0.25, 0.3) is 0 Å². The number of hydrogen-bond acceptors (Lipinski definition) is 3. The van der Waals surface area contributed by atoms with Crippen molar-refractivity contribution in [3.8, 4) is 0 Å². The van der Waals surface area contributed by atoms with E-state index in [0.717, 1.165) is 24.6 Å². The molecule has 0 saturated carbocycles. The molecule has 1 aromatic carbocycles. The smallest absolute Gasteiger partial charge is 0.337 e. The molecule has 6 heteroatoms. The molecule has 0 unspecified atom stereocenters. The van der Waals surface area contributed by atoms with Crippen molar-refractivity contribution in [2.75, 3.05) is 27.2 Å². The number of halogens is 1. The van der Waals surface area contributed by atoms with Crippen molar-refractivity contribution in [3.63, 3.8) is 0 Å². The second kappa shape index (κ2) is 8.52. The van der Waals surface area contributed by atoms with E-state index in [4.69, 9.17) is 4.74 Å². The third-order valence-electron chi connectivity index (χ3n) is 4.01. The molecular formula is C17H26IN3O2. The highest BCUT2D eigenvalue weighted by Gasteiger charge is 2.30. The zero-order valence-electron chi connectivity index (χ0n) is 14.3. The van der Waals surface area contributed by atoms with Gasteiger partial charge >= 0.3 is 5.97 Å². The highest BCUT2D eigenvalue weighted by atomic mass is 127. The van der Waals surface area contributed by atoms with Gasteiger partial charge in [0, 0.05) is 26.7 Å². The molecule has 1 aromatic rings. The summed E-state index contributed by atoms with van der Waals surface area (Å²) in [5, 5.41) is 3.39. The maximum atomic E-state index is 11.4. The highest BCUT2D eigenvalue weighted by molar-refractivity contribution is 14.0. The van der Waals surface area contributed by atoms with E-state index in [2.05, 4.69) is 29.1 Å². The summed E-state index contributed by atoms with van der Waals surface area (Å²) in [5.74, 6) is 0.622. The zero-order valence-corrected chi connectivity index (χ0v) is 16.6. The van der Waals surface area contributed by atoms with Gasteiger partial charge in [-0.1, -0.05) is 26.0 Å². The van der Waals surface area contributed by atoms with Gasteiger partial charge < -0.3 is 15.0 Å². The van der Waals surface area contributed by atoms with Crippen LogP contribution in [0.3, 0.4) is 0 Å². The Bertz CT molecular complexity index is 555. The number of methoxy groups -OCH3 is 1. The number of carbonyl (C=O) groups excluding carboxylic acids is 1. The number of likely N-dealkylation sites (tertiary alicyclic amines) is 1. The van der Waals surface area contributed by atoms with E-state index in [9.17, 15) is 4.79 Å². The number of esters is 1. The lowest BCUT2D eigenvalue weighted by atomic mass is 9.93. The van der Waals surface area contributed by atoms with Crippen molar-refractivity contribution in [2.24, 2.45) is 10.4 Å². The van der Waals surface area contributed by atoms with Gasteiger partial charge in [-0.05, 0) is 29.5 Å². The number of ether oxygens (including phenoxy) is 1. The van der Waals surface area contributed by atoms with Gasteiger partial charge in [0.1, 0.15) is 0 Å². The summed E-state index contributed by atoms with van der Waals surface area (Å²) >= 11 is 0. The molecule has 1 heterocycles. The molecule has 0 atom stereocenters. The van der Waals surface area contributed by atoms with Crippen LogP contribution in [0.25, 0.3) is 0 Å². The molecule has 0 amide bonds. The molecule has 1 aliphatic heterocycles. The average molecular weight is 431 g/mol. The monoisotopic (exact) mass is 431 g/mol. The van der Waals surface area contributed by atoms with Crippen LogP contribution < -0.4 is 5.32 Å². The summed E-state index contributed by atoms with van der Waals surface area (Å²) in [6, 6.07) is 7.43. The number of aliphatic imine (C=N–C) groups is 1. The van der Waals surface area contributed by atoms with Crippen molar-refractivity contribution in [1.82, 2.24) is 10.2 Å². The van der Waals surface area contributed by atoms with Gasteiger partial charge in [-0.25, -0.2) is 4.79 Å². The first-order chi connectivity index (χ1) is 10.4. The van der Waals surface area contributed by atoms with Gasteiger partial charge in [0.15, 0.2) is 5.96 Å². The molecule has 0 bridgehead atoms. The number of nitrogens with one attached hydrogen (secondary N) is 1. The Morgan fingerprint density at radius 2 is 2.00 bits per heavy atom. The van der Waals surface area contributed by atoms with Crippen LogP contribution in [0.15, 0.2) is 29.3 Å². The minimum Gasteiger partial charge on any atom is -0.465 e. The Labute approximate surface area is 155 Å². The van der Waals surface area contributed by atoms with Crippen LogP contribution in [0.4, 0.5) is 0 Å². The van der Waals surface area contributed by atoms with E-state index in [0.29, 0.717) is 17.5 Å². The fourth-order valence-electron chi connectivity index (χ4n) is 2.68. The molecule has 5 nitrogen and oxygen atoms in total. The van der Waals surface area contributed by atoms with Crippen LogP contribution in [-0.2, 0) is 11.3 Å². The molecule has 0 aliphatic carbocycles. The molecule has 23 heavy (non-hydrogen) atoms. The molecule has 0 spiro atoms. The predicted molar refractivity (Wildman–Crippen MR) is 103 cm³/mol. The molecule has 1 N–H and O–H groups in total. The first kappa shape index (κ1) is 19.7. The Morgan fingerprint density at radius 3 is 2.48 bits per heavy atom. The number of hydrogen-bond donors (Lipinski definition) is 1. The normalized spacial score (nSPS) is 16.7. The number of guanidine groups is 1. The van der Waals surface area contributed by atoms with Crippen LogP contribution in [-0.4, -0.2) is 44.1 Å². The molecule has 1 aliphatic rings. The van der Waals surface area contributed by atoms with Crippen molar-refractivity contribution in [2.45, 2.75) is 26.8 Å². The number of rotatable bonds is 3. The minimum atomic E-state index is -0.311. The Hall–Kier alpha value is -1.31. The molecule has 2 rings (SSSR count). The van der Waals surface area contributed by atoms with Gasteiger partial charge in [-0.15, -0.1) is 24.0 Å².